The normalized spacial score (nSPS) is 25.8. The number of nitrogens with one attached hydrogen (secondary N) is 1. The molecule has 2 aliphatic carbocycles. The Hall–Kier alpha value is -2.86. The molecule has 0 radical (unpaired) electrons. The van der Waals surface area contributed by atoms with Gasteiger partial charge in [0.1, 0.15) is 6.10 Å². The molecule has 2 saturated carbocycles. The number of carbonyl (C=O) groups excluding carboxylic acids is 1. The molecule has 38 heavy (non-hydrogen) atoms. The highest BCUT2D eigenvalue weighted by molar-refractivity contribution is 7.92. The second kappa shape index (κ2) is 10.0. The Balaban J connectivity index is 1.36. The molecule has 0 aliphatic heterocycles. The van der Waals surface area contributed by atoms with Crippen molar-refractivity contribution in [3.05, 3.63) is 77.3 Å². The van der Waals surface area contributed by atoms with Gasteiger partial charge in [-0.05, 0) is 67.9 Å². The maximum atomic E-state index is 13.7. The van der Waals surface area contributed by atoms with E-state index < -0.39 is 56.2 Å². The van der Waals surface area contributed by atoms with Crippen LogP contribution in [0.3, 0.4) is 0 Å². The summed E-state index contributed by atoms with van der Waals surface area (Å²) in [6.07, 6.45) is 5.15. The van der Waals surface area contributed by atoms with E-state index >= 15 is 0 Å². The Bertz CT molecular complexity index is 1450. The van der Waals surface area contributed by atoms with E-state index in [0.717, 1.165) is 12.1 Å². The molecule has 2 aliphatic rings. The first-order valence-corrected chi connectivity index (χ1v) is 14.1. The van der Waals surface area contributed by atoms with Crippen LogP contribution in [0.1, 0.15) is 36.0 Å². The Labute approximate surface area is 223 Å². The molecule has 2 fully saturated rings. The van der Waals surface area contributed by atoms with Crippen LogP contribution in [-0.2, 0) is 16.4 Å². The number of aliphatic hydroxyl groups excluding tert-OH is 1. The summed E-state index contributed by atoms with van der Waals surface area (Å²) in [5, 5.41) is 24.0. The van der Waals surface area contributed by atoms with Gasteiger partial charge in [0.2, 0.25) is 0 Å². The zero-order chi connectivity index (χ0) is 27.2. The standard InChI is InChI=1S/C26H26ClF2N3O5S/c27-20-5-1-15(25(34)31-18-4-6-21(28)22(29)12-18)9-23(20)38(36,37)19-10-16-2-3-17(11-19)26(16,35)24(33)13-32-8-7-30-14-32/h1,4-9,12,14,16-17,19,24,33,35H,2-3,10-11,13H2,(H,31,34)/t16-,17?,19+,24?,26-/m0/s1. The van der Waals surface area contributed by atoms with E-state index in [-0.39, 0.29) is 40.6 Å². The zero-order valence-corrected chi connectivity index (χ0v) is 21.7. The van der Waals surface area contributed by atoms with Gasteiger partial charge in [0.15, 0.2) is 21.5 Å². The van der Waals surface area contributed by atoms with Gasteiger partial charge in [0.05, 0.1) is 33.6 Å². The van der Waals surface area contributed by atoms with Crippen molar-refractivity contribution in [1.29, 1.82) is 0 Å². The minimum absolute atomic E-state index is 0.00523. The van der Waals surface area contributed by atoms with Gasteiger partial charge in [0, 0.05) is 29.7 Å². The Morgan fingerprint density at radius 3 is 2.50 bits per heavy atom. The summed E-state index contributed by atoms with van der Waals surface area (Å²) in [5.41, 5.74) is -1.44. The fourth-order valence-electron chi connectivity index (χ4n) is 5.90. The molecular weight excluding hydrogens is 540 g/mol. The molecule has 2 unspecified atom stereocenters. The zero-order valence-electron chi connectivity index (χ0n) is 20.1. The van der Waals surface area contributed by atoms with Crippen molar-refractivity contribution in [2.45, 2.75) is 54.1 Å². The van der Waals surface area contributed by atoms with Gasteiger partial charge in [-0.25, -0.2) is 22.2 Å². The van der Waals surface area contributed by atoms with Gasteiger partial charge in [-0.1, -0.05) is 11.6 Å². The topological polar surface area (TPSA) is 122 Å². The SMILES string of the molecule is O=C(Nc1ccc(F)c(F)c1)c1ccc(Cl)c(S(=O)(=O)[C@H]2CC3CC[C@@H](C2)[C@@]3(O)C(O)Cn2ccnc2)c1. The van der Waals surface area contributed by atoms with E-state index in [9.17, 15) is 32.2 Å². The first-order chi connectivity index (χ1) is 18.0. The van der Waals surface area contributed by atoms with Crippen molar-refractivity contribution in [3.63, 3.8) is 0 Å². The fourth-order valence-corrected chi connectivity index (χ4v) is 8.30. The molecule has 8 nitrogen and oxygen atoms in total. The van der Waals surface area contributed by atoms with Crippen molar-refractivity contribution in [2.24, 2.45) is 11.8 Å². The molecule has 5 rings (SSSR count). The molecule has 3 N–H and O–H groups in total. The molecule has 1 aromatic heterocycles. The summed E-state index contributed by atoms with van der Waals surface area (Å²) >= 11 is 6.28. The second-order valence-electron chi connectivity index (χ2n) is 10.0. The molecular formula is C26H26ClF2N3O5S. The molecule has 5 atom stereocenters. The van der Waals surface area contributed by atoms with Crippen molar-refractivity contribution in [1.82, 2.24) is 9.55 Å². The monoisotopic (exact) mass is 565 g/mol. The van der Waals surface area contributed by atoms with E-state index in [2.05, 4.69) is 10.3 Å². The lowest BCUT2D eigenvalue weighted by atomic mass is 9.71. The number of hydrogen-bond acceptors (Lipinski definition) is 6. The lowest BCUT2D eigenvalue weighted by molar-refractivity contribution is -0.146. The van der Waals surface area contributed by atoms with Gasteiger partial charge < -0.3 is 20.1 Å². The van der Waals surface area contributed by atoms with E-state index in [1.165, 1.54) is 24.3 Å². The number of hydrogen-bond donors (Lipinski definition) is 3. The summed E-state index contributed by atoms with van der Waals surface area (Å²) in [7, 11) is -4.02. The fraction of sp³-hybridized carbons (Fsp3) is 0.385. The van der Waals surface area contributed by atoms with Crippen molar-refractivity contribution in [3.8, 4) is 0 Å². The van der Waals surface area contributed by atoms with Gasteiger partial charge >= 0.3 is 0 Å². The third kappa shape index (κ3) is 4.72. The Morgan fingerprint density at radius 1 is 1.16 bits per heavy atom. The summed E-state index contributed by atoms with van der Waals surface area (Å²) in [5.74, 6) is -3.78. The molecule has 202 valence electrons. The van der Waals surface area contributed by atoms with Gasteiger partial charge in [-0.15, -0.1) is 0 Å². The number of nitrogens with zero attached hydrogens (tertiary/aromatic N) is 2. The maximum absolute atomic E-state index is 13.7. The number of carbonyl (C=O) groups is 1. The number of anilines is 1. The maximum Gasteiger partial charge on any atom is 0.255 e. The Morgan fingerprint density at radius 2 is 1.87 bits per heavy atom. The molecule has 1 amide bonds. The van der Waals surface area contributed by atoms with E-state index in [1.807, 2.05) is 0 Å². The largest absolute Gasteiger partial charge is 0.388 e. The average Bonchev–Trinajstić information content (AvgIpc) is 3.42. The molecule has 2 bridgehead atoms. The van der Waals surface area contributed by atoms with Gasteiger partial charge in [-0.3, -0.25) is 4.79 Å². The summed E-state index contributed by atoms with van der Waals surface area (Å²) in [4.78, 5) is 16.5. The van der Waals surface area contributed by atoms with Gasteiger partial charge in [0.25, 0.3) is 5.91 Å². The number of amides is 1. The van der Waals surface area contributed by atoms with E-state index in [4.69, 9.17) is 11.6 Å². The smallest absolute Gasteiger partial charge is 0.255 e. The summed E-state index contributed by atoms with van der Waals surface area (Å²) in [6.45, 7) is 0.141. The summed E-state index contributed by atoms with van der Waals surface area (Å²) in [6, 6.07) is 6.69. The molecule has 1 heterocycles. The number of aromatic nitrogens is 2. The number of fused-ring (bicyclic) bond motifs is 2. The number of imidazole rings is 1. The highest BCUT2D eigenvalue weighted by atomic mass is 35.5. The first kappa shape index (κ1) is 26.7. The van der Waals surface area contributed by atoms with Crippen LogP contribution < -0.4 is 5.32 Å². The lowest BCUT2D eigenvalue weighted by Crippen LogP contribution is -2.56. The number of benzene rings is 2. The quantitative estimate of drug-likeness (QED) is 0.400. The number of sulfone groups is 1. The van der Waals surface area contributed by atoms with Crippen LogP contribution in [-0.4, -0.2) is 51.0 Å². The highest BCUT2D eigenvalue weighted by Gasteiger charge is 2.59. The molecule has 3 aromatic rings. The van der Waals surface area contributed by atoms with Crippen LogP contribution in [0.2, 0.25) is 5.02 Å². The van der Waals surface area contributed by atoms with Crippen LogP contribution in [0.4, 0.5) is 14.5 Å². The number of halogens is 3. The molecule has 12 heteroatoms. The lowest BCUT2D eigenvalue weighted by Gasteiger charge is -2.45. The third-order valence-corrected chi connectivity index (χ3v) is 10.5. The predicted octanol–water partition coefficient (Wildman–Crippen LogP) is 3.82. The minimum Gasteiger partial charge on any atom is -0.388 e. The third-order valence-electron chi connectivity index (χ3n) is 7.86. The van der Waals surface area contributed by atoms with E-state index in [1.54, 1.807) is 23.3 Å². The van der Waals surface area contributed by atoms with Crippen LogP contribution >= 0.6 is 11.6 Å². The van der Waals surface area contributed by atoms with Crippen molar-refractivity contribution in [2.75, 3.05) is 5.32 Å². The van der Waals surface area contributed by atoms with Crippen molar-refractivity contribution >= 4 is 33.0 Å². The highest BCUT2D eigenvalue weighted by Crippen LogP contribution is 2.53. The average molecular weight is 566 g/mol. The second-order valence-corrected chi connectivity index (χ2v) is 12.6. The van der Waals surface area contributed by atoms with Crippen LogP contribution in [0.15, 0.2) is 60.0 Å². The summed E-state index contributed by atoms with van der Waals surface area (Å²) < 4.78 is 55.8. The first-order valence-electron chi connectivity index (χ1n) is 12.2. The van der Waals surface area contributed by atoms with Crippen LogP contribution in [0.25, 0.3) is 0 Å². The Kier molecular flexibility index (Phi) is 7.06. The number of aliphatic hydroxyl groups is 2. The molecule has 0 spiro atoms. The predicted molar refractivity (Wildman–Crippen MR) is 135 cm³/mol. The van der Waals surface area contributed by atoms with Crippen LogP contribution in [0.5, 0.6) is 0 Å². The van der Waals surface area contributed by atoms with E-state index in [0.29, 0.717) is 12.8 Å². The van der Waals surface area contributed by atoms with Crippen LogP contribution in [0, 0.1) is 23.5 Å². The molecule has 2 aromatic carbocycles. The minimum atomic E-state index is -4.02. The van der Waals surface area contributed by atoms with Gasteiger partial charge in [-0.2, -0.15) is 0 Å². The molecule has 0 saturated heterocycles. The van der Waals surface area contributed by atoms with Crippen molar-refractivity contribution < 1.29 is 32.2 Å². The number of rotatable bonds is 7.